The van der Waals surface area contributed by atoms with Crippen LogP contribution in [0.4, 0.5) is 0 Å². The van der Waals surface area contributed by atoms with Gasteiger partial charge >= 0.3 is 0 Å². The molecule has 0 radical (unpaired) electrons. The van der Waals surface area contributed by atoms with Crippen molar-refractivity contribution >= 4 is 5.91 Å². The zero-order chi connectivity index (χ0) is 11.1. The second kappa shape index (κ2) is 4.00. The lowest BCUT2D eigenvalue weighted by Crippen LogP contribution is -2.43. The molecule has 0 aromatic rings. The van der Waals surface area contributed by atoms with E-state index in [4.69, 9.17) is 0 Å². The van der Waals surface area contributed by atoms with Crippen LogP contribution in [0.2, 0.25) is 0 Å². The van der Waals surface area contributed by atoms with Crippen molar-refractivity contribution in [3.05, 3.63) is 0 Å². The highest BCUT2D eigenvalue weighted by Crippen LogP contribution is 2.29. The number of rotatable bonds is 4. The Hall–Kier alpha value is -0.610. The van der Waals surface area contributed by atoms with Crippen molar-refractivity contribution in [3.8, 4) is 0 Å². The molecule has 4 heteroatoms. The van der Waals surface area contributed by atoms with Crippen LogP contribution < -0.4 is 5.32 Å². The molecule has 3 fully saturated rings. The molecule has 16 heavy (non-hydrogen) atoms. The maximum Gasteiger partial charge on any atom is 0.239 e. The van der Waals surface area contributed by atoms with Gasteiger partial charge in [-0.1, -0.05) is 0 Å². The smallest absolute Gasteiger partial charge is 0.239 e. The molecule has 1 saturated heterocycles. The van der Waals surface area contributed by atoms with Crippen LogP contribution in [0.5, 0.6) is 0 Å². The van der Waals surface area contributed by atoms with Gasteiger partial charge in [-0.2, -0.15) is 0 Å². The van der Waals surface area contributed by atoms with Crippen LogP contribution in [-0.4, -0.2) is 47.2 Å². The standard InChI is InChI=1S/C12H20N2O2/c15-10-5-8(6-10)7-14-4-3-11(12(14)16)13-9-1-2-9/h8-11,13,15H,1-7H2. The van der Waals surface area contributed by atoms with Gasteiger partial charge in [-0.05, 0) is 38.0 Å². The van der Waals surface area contributed by atoms with Gasteiger partial charge in [0.15, 0.2) is 0 Å². The number of likely N-dealkylation sites (tertiary alicyclic amines) is 1. The number of nitrogens with zero attached hydrogens (tertiary/aromatic N) is 1. The molecule has 0 bridgehead atoms. The third kappa shape index (κ3) is 2.09. The van der Waals surface area contributed by atoms with Crippen molar-refractivity contribution in [1.82, 2.24) is 10.2 Å². The maximum absolute atomic E-state index is 12.0. The van der Waals surface area contributed by atoms with Gasteiger partial charge in [-0.3, -0.25) is 4.79 Å². The molecule has 0 aromatic heterocycles. The summed E-state index contributed by atoms with van der Waals surface area (Å²) < 4.78 is 0. The fourth-order valence-corrected chi connectivity index (χ4v) is 2.77. The number of carbonyl (C=O) groups excluding carboxylic acids is 1. The Morgan fingerprint density at radius 2 is 2.06 bits per heavy atom. The zero-order valence-corrected chi connectivity index (χ0v) is 9.56. The van der Waals surface area contributed by atoms with Gasteiger partial charge < -0.3 is 15.3 Å². The van der Waals surface area contributed by atoms with Crippen LogP contribution in [0.15, 0.2) is 0 Å². The van der Waals surface area contributed by atoms with Gasteiger partial charge in [-0.25, -0.2) is 0 Å². The molecule has 90 valence electrons. The summed E-state index contributed by atoms with van der Waals surface area (Å²) in [5.41, 5.74) is 0. The monoisotopic (exact) mass is 224 g/mol. The lowest BCUT2D eigenvalue weighted by Gasteiger charge is -2.34. The summed E-state index contributed by atoms with van der Waals surface area (Å²) in [6.45, 7) is 1.76. The summed E-state index contributed by atoms with van der Waals surface area (Å²) in [7, 11) is 0. The van der Waals surface area contributed by atoms with E-state index in [1.54, 1.807) is 0 Å². The minimum Gasteiger partial charge on any atom is -0.393 e. The maximum atomic E-state index is 12.0. The third-order valence-electron chi connectivity index (χ3n) is 4.00. The molecule has 1 amide bonds. The van der Waals surface area contributed by atoms with Gasteiger partial charge in [0.2, 0.25) is 5.91 Å². The molecule has 0 spiro atoms. The molecule has 2 N–H and O–H groups in total. The van der Waals surface area contributed by atoms with Gasteiger partial charge in [0.1, 0.15) is 0 Å². The van der Waals surface area contributed by atoms with E-state index in [-0.39, 0.29) is 18.1 Å². The number of hydrogen-bond donors (Lipinski definition) is 2. The molecule has 3 aliphatic rings. The summed E-state index contributed by atoms with van der Waals surface area (Å²) in [6.07, 6.45) is 5.08. The van der Waals surface area contributed by atoms with Crippen LogP contribution in [0.3, 0.4) is 0 Å². The lowest BCUT2D eigenvalue weighted by molar-refractivity contribution is -0.131. The Kier molecular flexibility index (Phi) is 2.64. The molecule has 2 saturated carbocycles. The van der Waals surface area contributed by atoms with E-state index in [0.29, 0.717) is 12.0 Å². The summed E-state index contributed by atoms with van der Waals surface area (Å²) >= 11 is 0. The number of aliphatic hydroxyl groups excluding tert-OH is 1. The predicted molar refractivity (Wildman–Crippen MR) is 59.9 cm³/mol. The molecule has 3 rings (SSSR count). The second-order valence-corrected chi connectivity index (χ2v) is 5.56. The molecule has 1 atom stereocenters. The minimum atomic E-state index is -0.108. The van der Waals surface area contributed by atoms with Crippen molar-refractivity contribution < 1.29 is 9.90 Å². The summed E-state index contributed by atoms with van der Waals surface area (Å²) in [6, 6.07) is 0.692. The first-order valence-electron chi connectivity index (χ1n) is 6.45. The zero-order valence-electron chi connectivity index (χ0n) is 9.56. The van der Waals surface area contributed by atoms with E-state index in [0.717, 1.165) is 32.4 Å². The van der Waals surface area contributed by atoms with E-state index in [1.807, 2.05) is 4.90 Å². The Morgan fingerprint density at radius 1 is 1.31 bits per heavy atom. The number of hydrogen-bond acceptors (Lipinski definition) is 3. The highest BCUT2D eigenvalue weighted by atomic mass is 16.3. The molecule has 2 aliphatic carbocycles. The Balaban J connectivity index is 1.47. The average Bonchev–Trinajstić information content (AvgIpc) is 2.96. The Morgan fingerprint density at radius 3 is 2.69 bits per heavy atom. The number of aliphatic hydroxyl groups is 1. The van der Waals surface area contributed by atoms with Crippen LogP contribution in [0, 0.1) is 5.92 Å². The van der Waals surface area contributed by atoms with Crippen molar-refractivity contribution in [1.29, 1.82) is 0 Å². The molecule has 0 aromatic carbocycles. The first-order valence-corrected chi connectivity index (χ1v) is 6.45. The second-order valence-electron chi connectivity index (χ2n) is 5.56. The van der Waals surface area contributed by atoms with Gasteiger partial charge in [0.25, 0.3) is 0 Å². The minimum absolute atomic E-state index is 0.0810. The number of nitrogens with one attached hydrogen (secondary N) is 1. The van der Waals surface area contributed by atoms with Crippen LogP contribution in [-0.2, 0) is 4.79 Å². The quantitative estimate of drug-likeness (QED) is 0.712. The SMILES string of the molecule is O=C1C(NC2CC2)CCN1CC1CC(O)C1. The van der Waals surface area contributed by atoms with E-state index < -0.39 is 0 Å². The van der Waals surface area contributed by atoms with Crippen molar-refractivity contribution in [2.24, 2.45) is 5.92 Å². The molecular weight excluding hydrogens is 204 g/mol. The van der Waals surface area contributed by atoms with Crippen molar-refractivity contribution in [2.75, 3.05) is 13.1 Å². The van der Waals surface area contributed by atoms with Crippen LogP contribution in [0.25, 0.3) is 0 Å². The largest absolute Gasteiger partial charge is 0.393 e. The molecule has 1 aliphatic heterocycles. The number of amides is 1. The predicted octanol–water partition coefficient (Wildman–Crippen LogP) is 0.110. The summed E-state index contributed by atoms with van der Waals surface area (Å²) in [5.74, 6) is 0.826. The van der Waals surface area contributed by atoms with Gasteiger partial charge in [-0.15, -0.1) is 0 Å². The fraction of sp³-hybridized carbons (Fsp3) is 0.917. The summed E-state index contributed by atoms with van der Waals surface area (Å²) in [4.78, 5) is 14.0. The summed E-state index contributed by atoms with van der Waals surface area (Å²) in [5, 5.41) is 12.6. The van der Waals surface area contributed by atoms with E-state index in [9.17, 15) is 9.90 Å². The van der Waals surface area contributed by atoms with E-state index in [2.05, 4.69) is 5.32 Å². The van der Waals surface area contributed by atoms with Crippen molar-refractivity contribution in [3.63, 3.8) is 0 Å². The highest BCUT2D eigenvalue weighted by Gasteiger charge is 2.38. The normalized spacial score (nSPS) is 38.9. The number of carbonyl (C=O) groups is 1. The highest BCUT2D eigenvalue weighted by molar-refractivity contribution is 5.84. The van der Waals surface area contributed by atoms with E-state index in [1.165, 1.54) is 12.8 Å². The lowest BCUT2D eigenvalue weighted by atomic mass is 9.82. The Labute approximate surface area is 96.0 Å². The van der Waals surface area contributed by atoms with Crippen LogP contribution >= 0.6 is 0 Å². The first kappa shape index (κ1) is 10.5. The van der Waals surface area contributed by atoms with Crippen molar-refractivity contribution in [2.45, 2.75) is 50.3 Å². The topological polar surface area (TPSA) is 52.6 Å². The van der Waals surface area contributed by atoms with Crippen LogP contribution in [0.1, 0.15) is 32.1 Å². The van der Waals surface area contributed by atoms with Gasteiger partial charge in [0.05, 0.1) is 12.1 Å². The molecular formula is C12H20N2O2. The molecule has 1 unspecified atom stereocenters. The molecule has 4 nitrogen and oxygen atoms in total. The molecule has 1 heterocycles. The third-order valence-corrected chi connectivity index (χ3v) is 4.00. The van der Waals surface area contributed by atoms with E-state index >= 15 is 0 Å². The average molecular weight is 224 g/mol. The Bertz CT molecular complexity index is 285. The van der Waals surface area contributed by atoms with Gasteiger partial charge in [0, 0.05) is 19.1 Å². The first-order chi connectivity index (χ1) is 7.72. The fourth-order valence-electron chi connectivity index (χ4n) is 2.77.